The minimum absolute atomic E-state index is 0.0590. The number of hydrogen-bond donors (Lipinski definition) is 1. The van der Waals surface area contributed by atoms with E-state index in [9.17, 15) is 9.59 Å². The molecule has 0 amide bonds. The Labute approximate surface area is 125 Å². The van der Waals surface area contributed by atoms with Gasteiger partial charge < -0.3 is 10.0 Å². The summed E-state index contributed by atoms with van der Waals surface area (Å²) >= 11 is 0. The number of rotatable bonds is 6. The number of aliphatic carboxylic acids is 1. The lowest BCUT2D eigenvalue weighted by Crippen LogP contribution is -2.40. The fraction of sp³-hybridized carbons (Fsp3) is 0.529. The molecule has 0 aromatic heterocycles. The van der Waals surface area contributed by atoms with Crippen LogP contribution in [0, 0.1) is 11.8 Å². The van der Waals surface area contributed by atoms with Gasteiger partial charge in [-0.05, 0) is 25.3 Å². The van der Waals surface area contributed by atoms with Crippen molar-refractivity contribution in [2.45, 2.75) is 26.2 Å². The minimum Gasteiger partial charge on any atom is -0.481 e. The Balaban J connectivity index is 2.07. The molecular formula is C17H23NO3. The van der Waals surface area contributed by atoms with Gasteiger partial charge in [-0.3, -0.25) is 9.59 Å². The largest absolute Gasteiger partial charge is 0.481 e. The van der Waals surface area contributed by atoms with E-state index in [-0.39, 0.29) is 12.2 Å². The van der Waals surface area contributed by atoms with E-state index in [1.807, 2.05) is 18.2 Å². The number of likely N-dealkylation sites (tertiary alicyclic amines) is 1. The topological polar surface area (TPSA) is 57.6 Å². The summed E-state index contributed by atoms with van der Waals surface area (Å²) in [5.74, 6) is -0.808. The van der Waals surface area contributed by atoms with Crippen molar-refractivity contribution >= 4 is 11.8 Å². The van der Waals surface area contributed by atoms with Crippen molar-refractivity contribution in [3.63, 3.8) is 0 Å². The summed E-state index contributed by atoms with van der Waals surface area (Å²) in [5.41, 5.74) is 0.605. The summed E-state index contributed by atoms with van der Waals surface area (Å²) in [6.45, 7) is 4.67. The van der Waals surface area contributed by atoms with Crippen LogP contribution in [0.5, 0.6) is 0 Å². The highest BCUT2D eigenvalue weighted by atomic mass is 16.4. The number of Topliss-reactive ketones (excluding diaryl/α,β-unsaturated/α-hetero) is 1. The highest BCUT2D eigenvalue weighted by Crippen LogP contribution is 2.20. The van der Waals surface area contributed by atoms with E-state index >= 15 is 0 Å². The van der Waals surface area contributed by atoms with Crippen molar-refractivity contribution in [3.05, 3.63) is 35.9 Å². The zero-order valence-electron chi connectivity index (χ0n) is 12.5. The normalized spacial score (nSPS) is 20.9. The third-order valence-corrected chi connectivity index (χ3v) is 4.07. The molecule has 4 heteroatoms. The first kappa shape index (κ1) is 15.7. The molecule has 1 fully saturated rings. The molecule has 1 N–H and O–H groups in total. The lowest BCUT2D eigenvalue weighted by molar-refractivity contribution is -0.137. The summed E-state index contributed by atoms with van der Waals surface area (Å²) in [4.78, 5) is 25.9. The van der Waals surface area contributed by atoms with Crippen molar-refractivity contribution < 1.29 is 14.7 Å². The Kier molecular flexibility index (Phi) is 5.51. The number of carboxylic acids is 1. The number of ketones is 1. The van der Waals surface area contributed by atoms with Gasteiger partial charge in [0.1, 0.15) is 0 Å². The molecule has 2 atom stereocenters. The Morgan fingerprint density at radius 3 is 2.67 bits per heavy atom. The molecular weight excluding hydrogens is 266 g/mol. The highest BCUT2D eigenvalue weighted by Gasteiger charge is 2.27. The molecule has 1 aromatic carbocycles. The van der Waals surface area contributed by atoms with Gasteiger partial charge in [0.2, 0.25) is 0 Å². The number of hydrogen-bond acceptors (Lipinski definition) is 3. The number of carbonyl (C=O) groups is 2. The third-order valence-electron chi connectivity index (χ3n) is 4.07. The van der Waals surface area contributed by atoms with Gasteiger partial charge in [-0.15, -0.1) is 0 Å². The third kappa shape index (κ3) is 4.67. The molecule has 1 aliphatic rings. The fourth-order valence-electron chi connectivity index (χ4n) is 3.05. The van der Waals surface area contributed by atoms with Crippen LogP contribution >= 0.6 is 0 Å². The molecule has 2 unspecified atom stereocenters. The molecule has 0 radical (unpaired) electrons. The molecule has 0 bridgehead atoms. The standard InChI is InChI=1S/C17H23NO3/c1-13-6-5-9-18(11-13)12-15(10-16(19)20)17(21)14-7-3-2-4-8-14/h2-4,7-8,13,15H,5-6,9-12H2,1H3,(H,19,20). The maximum atomic E-state index is 12.5. The van der Waals surface area contributed by atoms with Crippen LogP contribution in [0.1, 0.15) is 36.5 Å². The second-order valence-electron chi connectivity index (χ2n) is 6.03. The molecule has 1 heterocycles. The average Bonchev–Trinajstić information content (AvgIpc) is 2.46. The van der Waals surface area contributed by atoms with Crippen molar-refractivity contribution in [1.82, 2.24) is 4.90 Å². The van der Waals surface area contributed by atoms with Crippen LogP contribution in [-0.4, -0.2) is 41.4 Å². The average molecular weight is 289 g/mol. The lowest BCUT2D eigenvalue weighted by atomic mass is 9.92. The molecule has 4 nitrogen and oxygen atoms in total. The first-order valence-electron chi connectivity index (χ1n) is 7.59. The number of nitrogens with zero attached hydrogens (tertiary/aromatic N) is 1. The maximum absolute atomic E-state index is 12.5. The Morgan fingerprint density at radius 2 is 2.05 bits per heavy atom. The smallest absolute Gasteiger partial charge is 0.304 e. The molecule has 0 aliphatic carbocycles. The van der Waals surface area contributed by atoms with Crippen LogP contribution in [0.25, 0.3) is 0 Å². The minimum atomic E-state index is -0.908. The second kappa shape index (κ2) is 7.36. The van der Waals surface area contributed by atoms with Crippen LogP contribution in [0.3, 0.4) is 0 Å². The maximum Gasteiger partial charge on any atom is 0.304 e. The molecule has 114 valence electrons. The van der Waals surface area contributed by atoms with Gasteiger partial charge in [0.25, 0.3) is 0 Å². The zero-order chi connectivity index (χ0) is 15.2. The Hall–Kier alpha value is -1.68. The van der Waals surface area contributed by atoms with E-state index in [1.54, 1.807) is 12.1 Å². The lowest BCUT2D eigenvalue weighted by Gasteiger charge is -2.33. The highest BCUT2D eigenvalue weighted by molar-refractivity contribution is 5.99. The van der Waals surface area contributed by atoms with E-state index in [1.165, 1.54) is 6.42 Å². The predicted molar refractivity (Wildman–Crippen MR) is 81.4 cm³/mol. The van der Waals surface area contributed by atoms with Crippen LogP contribution in [0.2, 0.25) is 0 Å². The van der Waals surface area contributed by atoms with Crippen LogP contribution in [0.15, 0.2) is 30.3 Å². The zero-order valence-corrected chi connectivity index (χ0v) is 12.5. The fourth-order valence-corrected chi connectivity index (χ4v) is 3.05. The van der Waals surface area contributed by atoms with E-state index in [0.717, 1.165) is 19.5 Å². The molecule has 1 aromatic rings. The van der Waals surface area contributed by atoms with Crippen molar-refractivity contribution in [1.29, 1.82) is 0 Å². The molecule has 1 aliphatic heterocycles. The van der Waals surface area contributed by atoms with Gasteiger partial charge in [0.05, 0.1) is 6.42 Å². The Bertz CT molecular complexity index is 486. The van der Waals surface area contributed by atoms with Gasteiger partial charge in [-0.2, -0.15) is 0 Å². The predicted octanol–water partition coefficient (Wildman–Crippen LogP) is 2.69. The van der Waals surface area contributed by atoms with Crippen molar-refractivity contribution in [3.8, 4) is 0 Å². The van der Waals surface area contributed by atoms with Gasteiger partial charge >= 0.3 is 5.97 Å². The van der Waals surface area contributed by atoms with Gasteiger partial charge in [0.15, 0.2) is 5.78 Å². The van der Waals surface area contributed by atoms with Crippen LogP contribution in [-0.2, 0) is 4.79 Å². The summed E-state index contributed by atoms with van der Waals surface area (Å²) in [6.07, 6.45) is 2.24. The summed E-state index contributed by atoms with van der Waals surface area (Å²) < 4.78 is 0. The first-order chi connectivity index (χ1) is 10.1. The monoisotopic (exact) mass is 289 g/mol. The molecule has 0 spiro atoms. The van der Waals surface area contributed by atoms with Crippen LogP contribution < -0.4 is 0 Å². The number of benzene rings is 1. The van der Waals surface area contributed by atoms with E-state index in [2.05, 4.69) is 11.8 Å². The second-order valence-corrected chi connectivity index (χ2v) is 6.03. The number of carboxylic acid groups (broad SMARTS) is 1. The molecule has 0 saturated carbocycles. The summed E-state index contributed by atoms with van der Waals surface area (Å²) in [7, 11) is 0. The SMILES string of the molecule is CC1CCCN(CC(CC(=O)O)C(=O)c2ccccc2)C1. The van der Waals surface area contributed by atoms with Gasteiger partial charge in [0, 0.05) is 24.6 Å². The number of carbonyl (C=O) groups excluding carboxylic acids is 1. The van der Waals surface area contributed by atoms with Crippen LogP contribution in [0.4, 0.5) is 0 Å². The first-order valence-corrected chi connectivity index (χ1v) is 7.59. The van der Waals surface area contributed by atoms with E-state index < -0.39 is 11.9 Å². The molecule has 1 saturated heterocycles. The van der Waals surface area contributed by atoms with Crippen molar-refractivity contribution in [2.75, 3.05) is 19.6 Å². The number of piperidine rings is 1. The quantitative estimate of drug-likeness (QED) is 0.818. The van der Waals surface area contributed by atoms with Gasteiger partial charge in [-0.1, -0.05) is 37.3 Å². The van der Waals surface area contributed by atoms with E-state index in [4.69, 9.17) is 5.11 Å². The molecule has 21 heavy (non-hydrogen) atoms. The Morgan fingerprint density at radius 1 is 1.33 bits per heavy atom. The summed E-state index contributed by atoms with van der Waals surface area (Å²) in [6, 6.07) is 9.00. The van der Waals surface area contributed by atoms with E-state index in [0.29, 0.717) is 18.0 Å². The van der Waals surface area contributed by atoms with Gasteiger partial charge in [-0.25, -0.2) is 0 Å². The van der Waals surface area contributed by atoms with Crippen molar-refractivity contribution in [2.24, 2.45) is 11.8 Å². The summed E-state index contributed by atoms with van der Waals surface area (Å²) in [5, 5.41) is 9.09. The molecule has 2 rings (SSSR count).